The van der Waals surface area contributed by atoms with Gasteiger partial charge in [-0.15, -0.1) is 0 Å². The van der Waals surface area contributed by atoms with Gasteiger partial charge in [0, 0.05) is 17.1 Å². The van der Waals surface area contributed by atoms with Crippen LogP contribution in [0.3, 0.4) is 0 Å². The molecule has 0 aliphatic rings. The number of halogens is 1. The van der Waals surface area contributed by atoms with Crippen molar-refractivity contribution in [3.8, 4) is 0 Å². The van der Waals surface area contributed by atoms with Crippen LogP contribution in [0.4, 0.5) is 0 Å². The number of likely N-dealkylation sites (N-methyl/N-ethyl adjacent to an activating group) is 1. The maximum absolute atomic E-state index is 12.4. The summed E-state index contributed by atoms with van der Waals surface area (Å²) in [7, 11) is 0.410. The van der Waals surface area contributed by atoms with E-state index >= 15 is 0 Å². The number of sulfonamides is 1. The monoisotopic (exact) mass is 362 g/mol. The Morgan fingerprint density at radius 2 is 1.95 bits per heavy atom. The van der Waals surface area contributed by atoms with Crippen LogP contribution in [-0.4, -0.2) is 40.0 Å². The fraction of sp³-hybridized carbons (Fsp3) is 0.571. The minimum Gasteiger partial charge on any atom is -0.308 e. The molecule has 20 heavy (non-hydrogen) atoms. The molecule has 0 fully saturated rings. The Morgan fingerprint density at radius 3 is 2.45 bits per heavy atom. The summed E-state index contributed by atoms with van der Waals surface area (Å²) in [6.07, 6.45) is 0.811. The number of nitrogens with one attached hydrogen (secondary N) is 1. The minimum absolute atomic E-state index is 0.0889. The Balaban J connectivity index is 2.90. The van der Waals surface area contributed by atoms with E-state index in [1.54, 1.807) is 18.2 Å². The lowest BCUT2D eigenvalue weighted by Crippen LogP contribution is -2.42. The molecule has 1 aromatic rings. The van der Waals surface area contributed by atoms with Gasteiger partial charge in [-0.25, -0.2) is 13.1 Å². The van der Waals surface area contributed by atoms with E-state index in [0.717, 1.165) is 10.9 Å². The van der Waals surface area contributed by atoms with Gasteiger partial charge >= 0.3 is 0 Å². The summed E-state index contributed by atoms with van der Waals surface area (Å²) in [5.41, 5.74) is 0. The molecule has 1 aromatic carbocycles. The van der Waals surface area contributed by atoms with Crippen LogP contribution in [0, 0.1) is 5.92 Å². The van der Waals surface area contributed by atoms with Gasteiger partial charge in [0.15, 0.2) is 0 Å². The first kappa shape index (κ1) is 17.6. The number of rotatable bonds is 7. The van der Waals surface area contributed by atoms with Gasteiger partial charge in [-0.1, -0.05) is 35.8 Å². The molecule has 1 atom stereocenters. The third-order valence-corrected chi connectivity index (χ3v) is 4.78. The number of hydrogen-bond acceptors (Lipinski definition) is 3. The molecule has 6 heteroatoms. The lowest BCUT2D eigenvalue weighted by Gasteiger charge is -2.23. The quantitative estimate of drug-likeness (QED) is 0.810. The van der Waals surface area contributed by atoms with E-state index in [4.69, 9.17) is 0 Å². The Labute approximate surface area is 130 Å². The molecule has 1 rings (SSSR count). The SMILES string of the molecule is CC(C)C[C@@H](CN(C)C)NS(=O)(=O)c1cccc(Br)c1. The van der Waals surface area contributed by atoms with E-state index in [2.05, 4.69) is 34.5 Å². The highest BCUT2D eigenvalue weighted by Gasteiger charge is 2.21. The van der Waals surface area contributed by atoms with Crippen molar-refractivity contribution < 1.29 is 8.42 Å². The molecule has 0 amide bonds. The molecular formula is C14H23BrN2O2S. The van der Waals surface area contributed by atoms with Crippen LogP contribution in [0.5, 0.6) is 0 Å². The van der Waals surface area contributed by atoms with Crippen LogP contribution in [-0.2, 0) is 10.0 Å². The lowest BCUT2D eigenvalue weighted by molar-refractivity contribution is 0.329. The summed E-state index contributed by atoms with van der Waals surface area (Å²) >= 11 is 3.30. The molecule has 0 aromatic heterocycles. The Morgan fingerprint density at radius 1 is 1.30 bits per heavy atom. The van der Waals surface area contributed by atoms with Gasteiger partial charge in [0.2, 0.25) is 10.0 Å². The molecule has 0 heterocycles. The Bertz CT molecular complexity index is 520. The second kappa shape index (κ2) is 7.54. The van der Waals surface area contributed by atoms with Crippen molar-refractivity contribution in [2.24, 2.45) is 5.92 Å². The highest BCUT2D eigenvalue weighted by atomic mass is 79.9. The van der Waals surface area contributed by atoms with Crippen molar-refractivity contribution in [1.82, 2.24) is 9.62 Å². The third-order valence-electron chi connectivity index (χ3n) is 2.77. The average molecular weight is 363 g/mol. The number of nitrogens with zero attached hydrogens (tertiary/aromatic N) is 1. The average Bonchev–Trinajstić information content (AvgIpc) is 2.26. The third kappa shape index (κ3) is 5.91. The molecule has 0 radical (unpaired) electrons. The van der Waals surface area contributed by atoms with Gasteiger partial charge in [0.25, 0.3) is 0 Å². The van der Waals surface area contributed by atoms with E-state index in [-0.39, 0.29) is 6.04 Å². The van der Waals surface area contributed by atoms with Crippen LogP contribution in [0.15, 0.2) is 33.6 Å². The summed E-state index contributed by atoms with van der Waals surface area (Å²) in [6, 6.07) is 6.67. The minimum atomic E-state index is -3.48. The first-order chi connectivity index (χ1) is 9.20. The van der Waals surface area contributed by atoms with Gasteiger partial charge in [-0.2, -0.15) is 0 Å². The topological polar surface area (TPSA) is 49.4 Å². The predicted molar refractivity (Wildman–Crippen MR) is 86.3 cm³/mol. The second-order valence-corrected chi connectivity index (χ2v) is 8.30. The second-order valence-electron chi connectivity index (χ2n) is 5.67. The Hall–Kier alpha value is -0.430. The zero-order valence-electron chi connectivity index (χ0n) is 12.4. The summed E-state index contributed by atoms with van der Waals surface area (Å²) < 4.78 is 28.4. The normalized spacial score (nSPS) is 13.9. The zero-order chi connectivity index (χ0) is 15.3. The van der Waals surface area contributed by atoms with Crippen LogP contribution in [0.1, 0.15) is 20.3 Å². The largest absolute Gasteiger partial charge is 0.308 e. The molecule has 4 nitrogen and oxygen atoms in total. The summed E-state index contributed by atoms with van der Waals surface area (Å²) in [5.74, 6) is 0.435. The summed E-state index contributed by atoms with van der Waals surface area (Å²) in [5, 5.41) is 0. The predicted octanol–water partition coefficient (Wildman–Crippen LogP) is 2.70. The van der Waals surface area contributed by atoms with Crippen molar-refractivity contribution >= 4 is 26.0 Å². The van der Waals surface area contributed by atoms with Gasteiger partial charge < -0.3 is 4.90 Å². The smallest absolute Gasteiger partial charge is 0.240 e. The van der Waals surface area contributed by atoms with Crippen molar-refractivity contribution in [3.05, 3.63) is 28.7 Å². The van der Waals surface area contributed by atoms with Crippen molar-refractivity contribution in [1.29, 1.82) is 0 Å². The van der Waals surface area contributed by atoms with Crippen LogP contribution in [0.25, 0.3) is 0 Å². The highest BCUT2D eigenvalue weighted by molar-refractivity contribution is 9.10. The molecule has 0 bridgehead atoms. The summed E-state index contributed by atoms with van der Waals surface area (Å²) in [6.45, 7) is 4.87. The van der Waals surface area contributed by atoms with Crippen LogP contribution >= 0.6 is 15.9 Å². The Kier molecular flexibility index (Phi) is 6.64. The molecule has 0 aliphatic carbocycles. The zero-order valence-corrected chi connectivity index (χ0v) is 14.8. The maximum atomic E-state index is 12.4. The van der Waals surface area contributed by atoms with Gasteiger partial charge in [0.05, 0.1) is 4.90 Å². The van der Waals surface area contributed by atoms with E-state index in [1.807, 2.05) is 25.1 Å². The first-order valence-electron chi connectivity index (χ1n) is 6.63. The van der Waals surface area contributed by atoms with Crippen molar-refractivity contribution in [2.45, 2.75) is 31.2 Å². The number of hydrogen-bond donors (Lipinski definition) is 1. The fourth-order valence-corrected chi connectivity index (χ4v) is 3.93. The van der Waals surface area contributed by atoms with Crippen molar-refractivity contribution in [2.75, 3.05) is 20.6 Å². The number of benzene rings is 1. The molecule has 0 unspecified atom stereocenters. The molecule has 0 spiro atoms. The van der Waals surface area contributed by atoms with Gasteiger partial charge in [-0.05, 0) is 44.6 Å². The fourth-order valence-electron chi connectivity index (χ4n) is 2.09. The standard InChI is InChI=1S/C14H23BrN2O2S/c1-11(2)8-13(10-17(3)4)16-20(18,19)14-7-5-6-12(15)9-14/h5-7,9,11,13,16H,8,10H2,1-4H3/t13-/m0/s1. The molecule has 1 N–H and O–H groups in total. The maximum Gasteiger partial charge on any atom is 0.240 e. The highest BCUT2D eigenvalue weighted by Crippen LogP contribution is 2.17. The van der Waals surface area contributed by atoms with Crippen molar-refractivity contribution in [3.63, 3.8) is 0 Å². The van der Waals surface area contributed by atoms with E-state index in [0.29, 0.717) is 17.4 Å². The molecule has 114 valence electrons. The van der Waals surface area contributed by atoms with Gasteiger partial charge in [0.1, 0.15) is 0 Å². The molecule has 0 aliphatic heterocycles. The molecule has 0 saturated carbocycles. The van der Waals surface area contributed by atoms with E-state index < -0.39 is 10.0 Å². The lowest BCUT2D eigenvalue weighted by atomic mass is 10.0. The van der Waals surface area contributed by atoms with E-state index in [9.17, 15) is 8.42 Å². The molecule has 0 saturated heterocycles. The van der Waals surface area contributed by atoms with Crippen LogP contribution < -0.4 is 4.72 Å². The van der Waals surface area contributed by atoms with E-state index in [1.165, 1.54) is 0 Å². The summed E-state index contributed by atoms with van der Waals surface area (Å²) in [4.78, 5) is 2.29. The molecular weight excluding hydrogens is 340 g/mol. The van der Waals surface area contributed by atoms with Crippen LogP contribution in [0.2, 0.25) is 0 Å². The first-order valence-corrected chi connectivity index (χ1v) is 8.91. The van der Waals surface area contributed by atoms with Gasteiger partial charge in [-0.3, -0.25) is 0 Å².